The van der Waals surface area contributed by atoms with Gasteiger partial charge >= 0.3 is 0 Å². The molecule has 0 heterocycles. The summed E-state index contributed by atoms with van der Waals surface area (Å²) in [7, 11) is 0. The van der Waals surface area contributed by atoms with E-state index < -0.39 is 0 Å². The molecular formula is C17H34O. The molecular weight excluding hydrogens is 220 g/mol. The molecule has 4 unspecified atom stereocenters. The van der Waals surface area contributed by atoms with Crippen molar-refractivity contribution in [2.45, 2.75) is 79.6 Å². The molecule has 0 amide bonds. The first-order valence-electron chi connectivity index (χ1n) is 7.94. The molecule has 0 N–H and O–H groups in total. The first kappa shape index (κ1) is 17.7. The fourth-order valence-corrected chi connectivity index (χ4v) is 2.36. The molecule has 4 atom stereocenters. The minimum absolute atomic E-state index is 0.708. The third-order valence-corrected chi connectivity index (χ3v) is 4.68. The van der Waals surface area contributed by atoms with Crippen molar-refractivity contribution in [3.63, 3.8) is 0 Å². The maximum Gasteiger partial charge on any atom is 0.120 e. The van der Waals surface area contributed by atoms with E-state index in [4.69, 9.17) is 0 Å². The van der Waals surface area contributed by atoms with E-state index in [1.54, 1.807) is 0 Å². The van der Waals surface area contributed by atoms with Gasteiger partial charge in [-0.2, -0.15) is 0 Å². The highest BCUT2D eigenvalue weighted by Gasteiger charge is 2.14. The molecule has 0 aliphatic rings. The fourth-order valence-electron chi connectivity index (χ4n) is 2.36. The van der Waals surface area contributed by atoms with Crippen LogP contribution in [0.2, 0.25) is 0 Å². The molecule has 0 aliphatic heterocycles. The third-order valence-electron chi connectivity index (χ3n) is 4.68. The highest BCUT2D eigenvalue weighted by atomic mass is 16.1. The quantitative estimate of drug-likeness (QED) is 0.446. The Morgan fingerprint density at radius 1 is 0.778 bits per heavy atom. The van der Waals surface area contributed by atoms with Crippen molar-refractivity contribution < 1.29 is 4.79 Å². The van der Waals surface area contributed by atoms with Crippen molar-refractivity contribution in [3.8, 4) is 0 Å². The van der Waals surface area contributed by atoms with Crippen LogP contribution in [0.1, 0.15) is 79.6 Å². The van der Waals surface area contributed by atoms with E-state index in [2.05, 4.69) is 34.6 Å². The van der Waals surface area contributed by atoms with Gasteiger partial charge in [-0.1, -0.05) is 66.7 Å². The molecule has 0 rings (SSSR count). The van der Waals surface area contributed by atoms with Gasteiger partial charge in [0.2, 0.25) is 0 Å². The van der Waals surface area contributed by atoms with Crippen LogP contribution in [-0.2, 0) is 4.79 Å². The zero-order valence-electron chi connectivity index (χ0n) is 13.2. The molecule has 0 fully saturated rings. The summed E-state index contributed by atoms with van der Waals surface area (Å²) in [5.74, 6) is 3.26. The zero-order chi connectivity index (χ0) is 14.0. The highest BCUT2D eigenvalue weighted by Crippen LogP contribution is 2.26. The number of aldehydes is 1. The van der Waals surface area contributed by atoms with E-state index in [-0.39, 0.29) is 0 Å². The van der Waals surface area contributed by atoms with Gasteiger partial charge in [0.15, 0.2) is 0 Å². The van der Waals surface area contributed by atoms with Crippen LogP contribution >= 0.6 is 0 Å². The summed E-state index contributed by atoms with van der Waals surface area (Å²) in [6, 6.07) is 0. The molecule has 108 valence electrons. The molecule has 0 aromatic rings. The Hall–Kier alpha value is -0.330. The number of carbonyl (C=O) groups is 1. The molecule has 0 radical (unpaired) electrons. The van der Waals surface area contributed by atoms with Crippen molar-refractivity contribution in [3.05, 3.63) is 0 Å². The Kier molecular flexibility index (Phi) is 10.4. The van der Waals surface area contributed by atoms with Crippen molar-refractivity contribution in [2.75, 3.05) is 0 Å². The van der Waals surface area contributed by atoms with Gasteiger partial charge in [0, 0.05) is 6.42 Å². The molecule has 0 spiro atoms. The average Bonchev–Trinajstić information content (AvgIpc) is 2.38. The Morgan fingerprint density at radius 2 is 1.28 bits per heavy atom. The lowest BCUT2D eigenvalue weighted by Crippen LogP contribution is -2.11. The van der Waals surface area contributed by atoms with Crippen LogP contribution in [0, 0.1) is 23.7 Å². The lowest BCUT2D eigenvalue weighted by Gasteiger charge is -2.22. The smallest absolute Gasteiger partial charge is 0.120 e. The van der Waals surface area contributed by atoms with E-state index >= 15 is 0 Å². The maximum atomic E-state index is 10.3. The Labute approximate surface area is 115 Å². The molecule has 0 saturated heterocycles. The van der Waals surface area contributed by atoms with Gasteiger partial charge in [-0.3, -0.25) is 0 Å². The van der Waals surface area contributed by atoms with Gasteiger partial charge in [0.05, 0.1) is 0 Å². The van der Waals surface area contributed by atoms with Crippen molar-refractivity contribution in [2.24, 2.45) is 23.7 Å². The molecule has 0 saturated carbocycles. The third kappa shape index (κ3) is 8.72. The molecule has 0 aliphatic carbocycles. The van der Waals surface area contributed by atoms with E-state index in [1.165, 1.54) is 32.1 Å². The monoisotopic (exact) mass is 254 g/mol. The minimum Gasteiger partial charge on any atom is -0.303 e. The largest absolute Gasteiger partial charge is 0.303 e. The van der Waals surface area contributed by atoms with E-state index in [1.807, 2.05) is 0 Å². The van der Waals surface area contributed by atoms with Crippen molar-refractivity contribution >= 4 is 6.29 Å². The summed E-state index contributed by atoms with van der Waals surface area (Å²) in [5.41, 5.74) is 0. The van der Waals surface area contributed by atoms with E-state index in [0.29, 0.717) is 5.92 Å². The predicted molar refractivity (Wildman–Crippen MR) is 80.7 cm³/mol. The Balaban J connectivity index is 3.72. The van der Waals surface area contributed by atoms with Gasteiger partial charge < -0.3 is 4.79 Å². The SMILES string of the molecule is CCC(C)CCC(C)C(C)CCC(C)CCC=O. The fraction of sp³-hybridized carbons (Fsp3) is 0.941. The summed E-state index contributed by atoms with van der Waals surface area (Å²) in [5, 5.41) is 0. The van der Waals surface area contributed by atoms with Crippen LogP contribution in [-0.4, -0.2) is 6.29 Å². The lowest BCUT2D eigenvalue weighted by molar-refractivity contribution is -0.108. The Morgan fingerprint density at radius 3 is 1.72 bits per heavy atom. The van der Waals surface area contributed by atoms with Gasteiger partial charge in [0.1, 0.15) is 6.29 Å². The lowest BCUT2D eigenvalue weighted by atomic mass is 9.84. The predicted octanol–water partition coefficient (Wildman–Crippen LogP) is 5.48. The Bertz CT molecular complexity index is 200. The number of carbonyl (C=O) groups excluding carboxylic acids is 1. The van der Waals surface area contributed by atoms with Gasteiger partial charge in [-0.15, -0.1) is 0 Å². The summed E-state index contributed by atoms with van der Waals surface area (Å²) in [6.07, 6.45) is 9.51. The summed E-state index contributed by atoms with van der Waals surface area (Å²) < 4.78 is 0. The highest BCUT2D eigenvalue weighted by molar-refractivity contribution is 5.49. The van der Waals surface area contributed by atoms with Crippen LogP contribution in [0.25, 0.3) is 0 Å². The van der Waals surface area contributed by atoms with E-state index in [9.17, 15) is 4.79 Å². The number of hydrogen-bond acceptors (Lipinski definition) is 1. The molecule has 0 aromatic carbocycles. The average molecular weight is 254 g/mol. The first-order chi connectivity index (χ1) is 8.51. The van der Waals surface area contributed by atoms with Crippen LogP contribution in [0.15, 0.2) is 0 Å². The van der Waals surface area contributed by atoms with E-state index in [0.717, 1.165) is 36.9 Å². The first-order valence-corrected chi connectivity index (χ1v) is 7.94. The van der Waals surface area contributed by atoms with Gasteiger partial charge in [0.25, 0.3) is 0 Å². The van der Waals surface area contributed by atoms with Crippen LogP contribution < -0.4 is 0 Å². The van der Waals surface area contributed by atoms with Crippen molar-refractivity contribution in [1.29, 1.82) is 0 Å². The molecule has 0 bridgehead atoms. The van der Waals surface area contributed by atoms with Crippen LogP contribution in [0.3, 0.4) is 0 Å². The standard InChI is InChI=1S/C17H34O/c1-6-14(2)9-11-16(4)17(5)12-10-15(3)8-7-13-18/h13-17H,6-12H2,1-5H3. The zero-order valence-corrected chi connectivity index (χ0v) is 13.2. The van der Waals surface area contributed by atoms with Gasteiger partial charge in [-0.25, -0.2) is 0 Å². The minimum atomic E-state index is 0.708. The van der Waals surface area contributed by atoms with Crippen LogP contribution in [0.5, 0.6) is 0 Å². The second-order valence-electron chi connectivity index (χ2n) is 6.47. The maximum absolute atomic E-state index is 10.3. The summed E-state index contributed by atoms with van der Waals surface area (Å²) >= 11 is 0. The summed E-state index contributed by atoms with van der Waals surface area (Å²) in [6.45, 7) is 11.7. The number of rotatable bonds is 11. The number of hydrogen-bond donors (Lipinski definition) is 0. The molecule has 0 aromatic heterocycles. The second-order valence-corrected chi connectivity index (χ2v) is 6.47. The topological polar surface area (TPSA) is 17.1 Å². The van der Waals surface area contributed by atoms with Crippen molar-refractivity contribution in [1.82, 2.24) is 0 Å². The summed E-state index contributed by atoms with van der Waals surface area (Å²) in [4.78, 5) is 10.3. The normalized spacial score (nSPS) is 18.1. The van der Waals surface area contributed by atoms with Crippen LogP contribution in [0.4, 0.5) is 0 Å². The molecule has 1 heteroatoms. The second kappa shape index (κ2) is 10.6. The molecule has 18 heavy (non-hydrogen) atoms. The molecule has 1 nitrogen and oxygen atoms in total. The van der Waals surface area contributed by atoms with Gasteiger partial charge in [-0.05, 0) is 30.1 Å².